The maximum absolute atomic E-state index is 14.4. The molecule has 3 nitrogen and oxygen atoms in total. The van der Waals surface area contributed by atoms with E-state index in [9.17, 15) is 9.50 Å². The summed E-state index contributed by atoms with van der Waals surface area (Å²) >= 11 is 0. The zero-order chi connectivity index (χ0) is 14.8. The third-order valence-corrected chi connectivity index (χ3v) is 4.01. The summed E-state index contributed by atoms with van der Waals surface area (Å²) in [6, 6.07) is 1.17. The van der Waals surface area contributed by atoms with Crippen LogP contribution < -0.4 is 5.32 Å². The number of aryl methyl sites for hydroxylation is 1. The molecule has 2 N–H and O–H groups in total. The van der Waals surface area contributed by atoms with Gasteiger partial charge >= 0.3 is 0 Å². The minimum absolute atomic E-state index is 0.0170. The number of allylic oxidation sites excluding steroid dienone is 1. The molecule has 0 bridgehead atoms. The molecule has 1 aromatic rings. The second kappa shape index (κ2) is 5.77. The van der Waals surface area contributed by atoms with E-state index in [1.807, 2.05) is 0 Å². The predicted molar refractivity (Wildman–Crippen MR) is 80.5 cm³/mol. The molecule has 1 heterocycles. The van der Waals surface area contributed by atoms with E-state index >= 15 is 0 Å². The molecule has 1 fully saturated rings. The molecule has 21 heavy (non-hydrogen) atoms. The van der Waals surface area contributed by atoms with Gasteiger partial charge in [-0.3, -0.25) is 0 Å². The van der Waals surface area contributed by atoms with E-state index in [0.29, 0.717) is 17.8 Å². The minimum Gasteiger partial charge on any atom is -0.504 e. The van der Waals surface area contributed by atoms with Crippen molar-refractivity contribution >= 4 is 5.82 Å². The molecule has 0 spiro atoms. The van der Waals surface area contributed by atoms with Gasteiger partial charge in [0, 0.05) is 18.5 Å². The van der Waals surface area contributed by atoms with Gasteiger partial charge < -0.3 is 10.4 Å². The van der Waals surface area contributed by atoms with Crippen LogP contribution in [0.3, 0.4) is 0 Å². The highest BCUT2D eigenvalue weighted by atomic mass is 19.1. The Labute approximate surface area is 124 Å². The summed E-state index contributed by atoms with van der Waals surface area (Å²) in [4.78, 5) is 4.07. The summed E-state index contributed by atoms with van der Waals surface area (Å²) in [6.45, 7) is 1.78. The van der Waals surface area contributed by atoms with Crippen molar-refractivity contribution in [3.8, 4) is 17.6 Å². The van der Waals surface area contributed by atoms with Gasteiger partial charge in [-0.25, -0.2) is 9.37 Å². The van der Waals surface area contributed by atoms with Crippen molar-refractivity contribution in [2.75, 3.05) is 5.32 Å². The molecule has 2 aliphatic rings. The lowest BCUT2D eigenvalue weighted by Gasteiger charge is -2.16. The number of hydrogen-bond acceptors (Lipinski definition) is 3. The van der Waals surface area contributed by atoms with E-state index in [2.05, 4.69) is 22.1 Å². The molecule has 2 aliphatic carbocycles. The molecule has 1 saturated carbocycles. The van der Waals surface area contributed by atoms with E-state index < -0.39 is 6.04 Å². The van der Waals surface area contributed by atoms with Crippen LogP contribution >= 0.6 is 0 Å². The van der Waals surface area contributed by atoms with Gasteiger partial charge in [0.2, 0.25) is 0 Å². The van der Waals surface area contributed by atoms with Crippen molar-refractivity contribution in [2.24, 2.45) is 11.8 Å². The van der Waals surface area contributed by atoms with Crippen LogP contribution in [-0.4, -0.2) is 16.1 Å². The normalized spacial score (nSPS) is 24.6. The van der Waals surface area contributed by atoms with E-state index in [1.165, 1.54) is 12.8 Å². The molecule has 2 atom stereocenters. The molecule has 0 saturated heterocycles. The second-order valence-corrected chi connectivity index (χ2v) is 5.88. The van der Waals surface area contributed by atoms with Gasteiger partial charge in [-0.05, 0) is 37.0 Å². The van der Waals surface area contributed by atoms with Crippen molar-refractivity contribution in [3.63, 3.8) is 0 Å². The third-order valence-electron chi connectivity index (χ3n) is 4.01. The Morgan fingerprint density at radius 3 is 3.05 bits per heavy atom. The Morgan fingerprint density at radius 2 is 2.29 bits per heavy atom. The van der Waals surface area contributed by atoms with Gasteiger partial charge in [0.05, 0.1) is 6.04 Å². The van der Waals surface area contributed by atoms with E-state index in [1.54, 1.807) is 25.3 Å². The first kappa shape index (κ1) is 13.9. The van der Waals surface area contributed by atoms with Crippen LogP contribution in [0.2, 0.25) is 0 Å². The second-order valence-electron chi connectivity index (χ2n) is 5.88. The van der Waals surface area contributed by atoms with E-state index in [4.69, 9.17) is 0 Å². The quantitative estimate of drug-likeness (QED) is 0.832. The molecule has 3 rings (SSSR count). The zero-order valence-corrected chi connectivity index (χ0v) is 12.1. The molecule has 4 heteroatoms. The summed E-state index contributed by atoms with van der Waals surface area (Å²) in [7, 11) is 0. The van der Waals surface area contributed by atoms with Crippen LogP contribution in [0.25, 0.3) is 0 Å². The number of pyridine rings is 1. The molecule has 0 aromatic carbocycles. The Bertz CT molecular complexity index is 625. The number of aromatic hydroxyl groups is 1. The maximum Gasteiger partial charge on any atom is 0.169 e. The fourth-order valence-electron chi connectivity index (χ4n) is 2.52. The third kappa shape index (κ3) is 3.36. The molecular formula is C17H19FN2O. The minimum atomic E-state index is -0.540. The predicted octanol–water partition coefficient (Wildman–Crippen LogP) is 3.55. The van der Waals surface area contributed by atoms with Crippen molar-refractivity contribution < 1.29 is 9.50 Å². The van der Waals surface area contributed by atoms with Gasteiger partial charge in [0.1, 0.15) is 5.83 Å². The Balaban J connectivity index is 1.74. The summed E-state index contributed by atoms with van der Waals surface area (Å²) in [5.74, 6) is 7.08. The highest BCUT2D eigenvalue weighted by Crippen LogP contribution is 2.36. The summed E-state index contributed by atoms with van der Waals surface area (Å²) in [5.41, 5.74) is 0.711. The Hall–Kier alpha value is -2.02. The van der Waals surface area contributed by atoms with Gasteiger partial charge in [-0.15, -0.1) is 5.92 Å². The average Bonchev–Trinajstić information content (AvgIpc) is 3.26. The first-order valence-corrected chi connectivity index (χ1v) is 7.40. The van der Waals surface area contributed by atoms with Gasteiger partial charge in [-0.1, -0.05) is 18.8 Å². The van der Waals surface area contributed by atoms with Gasteiger partial charge in [0.15, 0.2) is 11.6 Å². The van der Waals surface area contributed by atoms with Crippen molar-refractivity contribution in [1.29, 1.82) is 0 Å². The average molecular weight is 286 g/mol. The topological polar surface area (TPSA) is 45.2 Å². The number of nitrogens with one attached hydrogen (secondary N) is 1. The fraction of sp³-hybridized carbons (Fsp3) is 0.471. The van der Waals surface area contributed by atoms with Crippen molar-refractivity contribution in [2.45, 2.75) is 38.6 Å². The van der Waals surface area contributed by atoms with Crippen molar-refractivity contribution in [1.82, 2.24) is 4.98 Å². The van der Waals surface area contributed by atoms with E-state index in [-0.39, 0.29) is 17.5 Å². The van der Waals surface area contributed by atoms with Gasteiger partial charge in [-0.2, -0.15) is 0 Å². The van der Waals surface area contributed by atoms with E-state index in [0.717, 1.165) is 12.3 Å². The van der Waals surface area contributed by atoms with Crippen LogP contribution in [0.15, 0.2) is 24.2 Å². The number of aromatic nitrogens is 1. The number of anilines is 1. The standard InChI is InChI=1S/C17H19FN2O/c1-11-7-8-19-17(16(11)21)20-15-4-2-3-13(10-14(15)18)9-12-5-6-12/h7-8,10,12-13,15,21H,4-6,9H2,1H3,(H,19,20). The first-order chi connectivity index (χ1) is 10.1. The molecule has 2 unspecified atom stereocenters. The largest absolute Gasteiger partial charge is 0.504 e. The monoisotopic (exact) mass is 286 g/mol. The number of halogens is 1. The summed E-state index contributed by atoms with van der Waals surface area (Å²) in [6.07, 6.45) is 7.06. The Morgan fingerprint density at radius 1 is 1.48 bits per heavy atom. The lowest BCUT2D eigenvalue weighted by atomic mass is 10.0. The van der Waals surface area contributed by atoms with Crippen LogP contribution in [0.4, 0.5) is 10.2 Å². The van der Waals surface area contributed by atoms with Crippen LogP contribution in [0.5, 0.6) is 5.75 Å². The maximum atomic E-state index is 14.4. The van der Waals surface area contributed by atoms with Crippen LogP contribution in [-0.2, 0) is 0 Å². The molecule has 1 aromatic heterocycles. The smallest absolute Gasteiger partial charge is 0.169 e. The lowest BCUT2D eigenvalue weighted by Crippen LogP contribution is -2.20. The molecule has 0 radical (unpaired) electrons. The fourth-order valence-corrected chi connectivity index (χ4v) is 2.52. The number of hydrogen-bond donors (Lipinski definition) is 2. The summed E-state index contributed by atoms with van der Waals surface area (Å²) < 4.78 is 14.4. The molecule has 0 aliphatic heterocycles. The SMILES string of the molecule is Cc1ccnc(NC2CC#CC(CC3CC3)C=C2F)c1O. The number of nitrogens with zero attached hydrogens (tertiary/aromatic N) is 1. The summed E-state index contributed by atoms with van der Waals surface area (Å²) in [5, 5.41) is 12.9. The molecule has 0 amide bonds. The lowest BCUT2D eigenvalue weighted by molar-refractivity contribution is 0.468. The number of rotatable bonds is 4. The van der Waals surface area contributed by atoms with Crippen LogP contribution in [0.1, 0.15) is 31.2 Å². The first-order valence-electron chi connectivity index (χ1n) is 7.40. The van der Waals surface area contributed by atoms with Crippen molar-refractivity contribution in [3.05, 3.63) is 29.7 Å². The molecule has 110 valence electrons. The van der Waals surface area contributed by atoms with Crippen LogP contribution in [0, 0.1) is 30.6 Å². The molecular weight excluding hydrogens is 267 g/mol. The Kier molecular flexibility index (Phi) is 3.83. The zero-order valence-electron chi connectivity index (χ0n) is 12.1. The highest BCUT2D eigenvalue weighted by Gasteiger charge is 2.26. The highest BCUT2D eigenvalue weighted by molar-refractivity contribution is 5.54. The van der Waals surface area contributed by atoms with Gasteiger partial charge in [0.25, 0.3) is 0 Å².